The molecule has 2 aliphatic heterocycles. The first-order chi connectivity index (χ1) is 22.6. The van der Waals surface area contributed by atoms with E-state index in [2.05, 4.69) is 36.6 Å². The number of carbonyl (C=O) groups is 3. The number of piperazine rings is 1. The van der Waals surface area contributed by atoms with Gasteiger partial charge in [-0.1, -0.05) is 22.0 Å². The minimum atomic E-state index is -1.15. The van der Waals surface area contributed by atoms with E-state index in [0.717, 1.165) is 51.1 Å². The lowest BCUT2D eigenvalue weighted by molar-refractivity contribution is -0.137. The fourth-order valence-corrected chi connectivity index (χ4v) is 6.89. The van der Waals surface area contributed by atoms with Gasteiger partial charge in [-0.05, 0) is 92.4 Å². The Morgan fingerprint density at radius 1 is 0.872 bits per heavy atom. The monoisotopic (exact) mass is 707 g/mol. The number of carbonyl (C=O) groups excluding carboxylic acids is 2. The first-order valence-corrected chi connectivity index (χ1v) is 16.6. The van der Waals surface area contributed by atoms with Crippen LogP contribution >= 0.6 is 15.9 Å². The highest BCUT2D eigenvalue weighted by Gasteiger charge is 2.32. The lowest BCUT2D eigenvalue weighted by Crippen LogP contribution is -2.47. The van der Waals surface area contributed by atoms with Crippen LogP contribution in [0.1, 0.15) is 62.6 Å². The van der Waals surface area contributed by atoms with Crippen LogP contribution in [0.2, 0.25) is 0 Å². The maximum absolute atomic E-state index is 13.9. The molecule has 250 valence electrons. The number of nitrogens with one attached hydrogen (secondary N) is 2. The number of carboxylic acids is 1. The molecule has 3 aromatic rings. The van der Waals surface area contributed by atoms with Crippen LogP contribution < -0.4 is 25.2 Å². The smallest absolute Gasteiger partial charge is 0.315 e. The SMILES string of the molecule is COc1ccc(NNC(=O)c2c(N3CCCCC3)ccc(C(C(=O)O)c3cc(OC)c(C(=O)N4CCN(C)CC4)cc3Br)c2C)cc1. The standard InChI is InChI=1S/C35H42BrN5O6/c1-22-25(32(35(44)45)26-21-30(47-4)27(20-28(26)36)34(43)41-18-16-39(2)17-19-41)12-13-29(40-14-6-5-7-15-40)31(22)33(42)38-37-23-8-10-24(46-3)11-9-23/h8-13,20-21,32,37H,5-7,14-19H2,1-4H3,(H,38,42)(H,44,45). The van der Waals surface area contributed by atoms with Crippen molar-refractivity contribution >= 4 is 45.1 Å². The van der Waals surface area contributed by atoms with E-state index in [1.54, 1.807) is 61.4 Å². The van der Waals surface area contributed by atoms with E-state index >= 15 is 0 Å². The summed E-state index contributed by atoms with van der Waals surface area (Å²) in [5.74, 6) is -1.81. The second kappa shape index (κ2) is 15.1. The van der Waals surface area contributed by atoms with E-state index in [1.807, 2.05) is 13.1 Å². The Morgan fingerprint density at radius 3 is 2.17 bits per heavy atom. The van der Waals surface area contributed by atoms with Crippen molar-refractivity contribution in [2.45, 2.75) is 32.1 Å². The summed E-state index contributed by atoms with van der Waals surface area (Å²) >= 11 is 3.58. The normalized spacial score (nSPS) is 15.9. The molecule has 2 aliphatic rings. The molecule has 0 radical (unpaired) electrons. The molecule has 0 aliphatic carbocycles. The summed E-state index contributed by atoms with van der Waals surface area (Å²) < 4.78 is 11.4. The third kappa shape index (κ3) is 7.49. The second-order valence-electron chi connectivity index (χ2n) is 12.0. The molecule has 0 bridgehead atoms. The number of likely N-dealkylation sites (N-methyl/N-ethyl adjacent to an activating group) is 1. The molecule has 3 aromatic carbocycles. The number of ether oxygens (including phenoxy) is 2. The van der Waals surface area contributed by atoms with Gasteiger partial charge in [-0.25, -0.2) is 0 Å². The summed E-state index contributed by atoms with van der Waals surface area (Å²) in [6.07, 6.45) is 3.14. The topological polar surface area (TPSA) is 124 Å². The van der Waals surface area contributed by atoms with Crippen molar-refractivity contribution in [3.8, 4) is 11.5 Å². The number of amides is 2. The van der Waals surface area contributed by atoms with Crippen LogP contribution in [-0.2, 0) is 4.79 Å². The summed E-state index contributed by atoms with van der Waals surface area (Å²) in [6, 6.07) is 14.1. The molecule has 11 nitrogen and oxygen atoms in total. The van der Waals surface area contributed by atoms with Crippen LogP contribution in [0.4, 0.5) is 11.4 Å². The van der Waals surface area contributed by atoms with Gasteiger partial charge in [0.15, 0.2) is 0 Å². The number of benzene rings is 3. The zero-order valence-electron chi connectivity index (χ0n) is 27.3. The molecular formula is C35H42BrN5O6. The first kappa shape index (κ1) is 34.1. The number of halogens is 1. The number of rotatable bonds is 10. The summed E-state index contributed by atoms with van der Waals surface area (Å²) in [4.78, 5) is 46.6. The number of carboxylic acid groups (broad SMARTS) is 1. The maximum Gasteiger partial charge on any atom is 0.315 e. The van der Waals surface area contributed by atoms with Gasteiger partial charge in [0.05, 0.1) is 31.0 Å². The molecule has 1 atom stereocenters. The third-order valence-electron chi connectivity index (χ3n) is 9.03. The summed E-state index contributed by atoms with van der Waals surface area (Å²) in [6.45, 7) is 6.13. The maximum atomic E-state index is 13.9. The number of methoxy groups -OCH3 is 2. The molecule has 0 saturated carbocycles. The average molecular weight is 709 g/mol. The molecule has 47 heavy (non-hydrogen) atoms. The zero-order chi connectivity index (χ0) is 33.7. The zero-order valence-corrected chi connectivity index (χ0v) is 28.9. The molecule has 2 amide bonds. The van der Waals surface area contributed by atoms with E-state index in [0.29, 0.717) is 62.6 Å². The number of hydrogen-bond donors (Lipinski definition) is 3. The van der Waals surface area contributed by atoms with Crippen LogP contribution in [0.5, 0.6) is 11.5 Å². The third-order valence-corrected chi connectivity index (χ3v) is 9.71. The molecule has 2 heterocycles. The van der Waals surface area contributed by atoms with Crippen LogP contribution in [0.25, 0.3) is 0 Å². The Balaban J connectivity index is 1.53. The van der Waals surface area contributed by atoms with Crippen LogP contribution in [-0.4, -0.2) is 93.2 Å². The molecule has 1 unspecified atom stereocenters. The Hall–Kier alpha value is -4.29. The minimum absolute atomic E-state index is 0.167. The highest BCUT2D eigenvalue weighted by molar-refractivity contribution is 9.10. The molecule has 12 heteroatoms. The fraction of sp³-hybridized carbons (Fsp3) is 0.400. The molecule has 3 N–H and O–H groups in total. The van der Waals surface area contributed by atoms with Gasteiger partial charge in [-0.2, -0.15) is 0 Å². The van der Waals surface area contributed by atoms with Crippen molar-refractivity contribution in [2.24, 2.45) is 0 Å². The van der Waals surface area contributed by atoms with Gasteiger partial charge in [0, 0.05) is 49.4 Å². The second-order valence-corrected chi connectivity index (χ2v) is 12.8. The Kier molecular flexibility index (Phi) is 10.9. The van der Waals surface area contributed by atoms with Gasteiger partial charge in [-0.3, -0.25) is 25.2 Å². The van der Waals surface area contributed by atoms with E-state index < -0.39 is 11.9 Å². The predicted octanol–water partition coefficient (Wildman–Crippen LogP) is 5.13. The number of nitrogens with zero attached hydrogens (tertiary/aromatic N) is 3. The minimum Gasteiger partial charge on any atom is -0.497 e. The first-order valence-electron chi connectivity index (χ1n) is 15.8. The lowest BCUT2D eigenvalue weighted by Gasteiger charge is -2.33. The highest BCUT2D eigenvalue weighted by atomic mass is 79.9. The van der Waals surface area contributed by atoms with E-state index in [-0.39, 0.29) is 11.8 Å². The summed E-state index contributed by atoms with van der Waals surface area (Å²) in [5.41, 5.74) is 9.41. The van der Waals surface area contributed by atoms with Crippen molar-refractivity contribution in [1.82, 2.24) is 15.2 Å². The lowest BCUT2D eigenvalue weighted by atomic mass is 9.85. The Labute approximate surface area is 283 Å². The van der Waals surface area contributed by atoms with Crippen molar-refractivity contribution in [1.29, 1.82) is 0 Å². The van der Waals surface area contributed by atoms with Crippen molar-refractivity contribution in [2.75, 3.05) is 70.9 Å². The molecule has 2 fully saturated rings. The Morgan fingerprint density at radius 2 is 1.55 bits per heavy atom. The van der Waals surface area contributed by atoms with Crippen molar-refractivity contribution in [3.05, 3.63) is 80.8 Å². The highest BCUT2D eigenvalue weighted by Crippen LogP contribution is 2.40. The van der Waals surface area contributed by atoms with Gasteiger partial charge < -0.3 is 29.3 Å². The fourth-order valence-electron chi connectivity index (χ4n) is 6.32. The van der Waals surface area contributed by atoms with Crippen molar-refractivity contribution < 1.29 is 29.0 Å². The van der Waals surface area contributed by atoms with Gasteiger partial charge in [0.1, 0.15) is 17.4 Å². The molecule has 2 saturated heterocycles. The number of hydrogen-bond acceptors (Lipinski definition) is 8. The van der Waals surface area contributed by atoms with Crippen LogP contribution in [0.15, 0.2) is 53.0 Å². The number of aliphatic carboxylic acids is 1. The number of anilines is 2. The van der Waals surface area contributed by atoms with Gasteiger partial charge >= 0.3 is 5.97 Å². The summed E-state index contributed by atoms with van der Waals surface area (Å²) in [7, 11) is 5.08. The quantitative estimate of drug-likeness (QED) is 0.246. The number of piperidine rings is 1. The molecular weight excluding hydrogens is 666 g/mol. The van der Waals surface area contributed by atoms with Crippen LogP contribution in [0.3, 0.4) is 0 Å². The van der Waals surface area contributed by atoms with Gasteiger partial charge in [0.2, 0.25) is 0 Å². The average Bonchev–Trinajstić information content (AvgIpc) is 3.08. The molecule has 5 rings (SSSR count). The van der Waals surface area contributed by atoms with E-state index in [1.165, 1.54) is 7.11 Å². The predicted molar refractivity (Wildman–Crippen MR) is 185 cm³/mol. The van der Waals surface area contributed by atoms with E-state index in [9.17, 15) is 19.5 Å². The van der Waals surface area contributed by atoms with Gasteiger partial charge in [0.25, 0.3) is 11.8 Å². The summed E-state index contributed by atoms with van der Waals surface area (Å²) in [5, 5.41) is 10.7. The number of hydrazine groups is 1. The molecule has 0 aromatic heterocycles. The molecule has 0 spiro atoms. The van der Waals surface area contributed by atoms with Crippen molar-refractivity contribution in [3.63, 3.8) is 0 Å². The van der Waals surface area contributed by atoms with E-state index in [4.69, 9.17) is 9.47 Å². The largest absolute Gasteiger partial charge is 0.497 e. The van der Waals surface area contributed by atoms with Gasteiger partial charge in [-0.15, -0.1) is 0 Å². The van der Waals surface area contributed by atoms with Crippen LogP contribution in [0, 0.1) is 6.92 Å². The Bertz CT molecular complexity index is 1620.